The van der Waals surface area contributed by atoms with Crippen molar-refractivity contribution >= 4 is 10.9 Å². The summed E-state index contributed by atoms with van der Waals surface area (Å²) in [5, 5.41) is 0.380. The molecule has 0 aliphatic carbocycles. The molecule has 2 aromatic rings. The van der Waals surface area contributed by atoms with Crippen molar-refractivity contribution < 1.29 is 8.78 Å². The van der Waals surface area contributed by atoms with Crippen LogP contribution in [-0.4, -0.2) is 29.1 Å². The number of rotatable bonds is 2. The molecule has 1 saturated heterocycles. The topological polar surface area (TPSA) is 8.17 Å². The maximum absolute atomic E-state index is 13.6. The van der Waals surface area contributed by atoms with E-state index >= 15 is 0 Å². The number of nitrogens with zero attached hydrogens (tertiary/aromatic N) is 2. The molecule has 0 radical (unpaired) electrons. The molecule has 0 bridgehead atoms. The summed E-state index contributed by atoms with van der Waals surface area (Å²) in [6, 6.07) is 4.91. The summed E-state index contributed by atoms with van der Waals surface area (Å²) in [7, 11) is 0. The molecule has 4 heteroatoms. The van der Waals surface area contributed by atoms with Gasteiger partial charge in [0.1, 0.15) is 0 Å². The number of likely N-dealkylation sites (tertiary alicyclic amines) is 1. The minimum atomic E-state index is -0.776. The van der Waals surface area contributed by atoms with Crippen molar-refractivity contribution in [2.75, 3.05) is 19.6 Å². The van der Waals surface area contributed by atoms with Crippen molar-refractivity contribution in [1.82, 2.24) is 9.47 Å². The molecule has 1 fully saturated rings. The SMILES string of the molecule is CCN1CCC(n2ccc3c(F)c(F)ccc32)C1. The lowest BCUT2D eigenvalue weighted by Crippen LogP contribution is -2.20. The minimum absolute atomic E-state index is 0.368. The van der Waals surface area contributed by atoms with Gasteiger partial charge < -0.3 is 9.47 Å². The van der Waals surface area contributed by atoms with Crippen LogP contribution in [0.5, 0.6) is 0 Å². The summed E-state index contributed by atoms with van der Waals surface area (Å²) in [6.07, 6.45) is 2.94. The predicted molar refractivity (Wildman–Crippen MR) is 67.6 cm³/mol. The summed E-state index contributed by atoms with van der Waals surface area (Å²) in [5.41, 5.74) is 0.789. The molecule has 18 heavy (non-hydrogen) atoms. The van der Waals surface area contributed by atoms with Gasteiger partial charge >= 0.3 is 0 Å². The van der Waals surface area contributed by atoms with E-state index in [1.807, 2.05) is 6.20 Å². The van der Waals surface area contributed by atoms with E-state index in [0.29, 0.717) is 11.4 Å². The normalized spacial score (nSPS) is 20.9. The Labute approximate surface area is 105 Å². The standard InChI is InChI=1S/C14H16F2N2/c1-2-17-7-5-10(9-17)18-8-6-11-13(18)4-3-12(15)14(11)16/h3-4,6,8,10H,2,5,7,9H2,1H3. The molecule has 1 aliphatic rings. The molecule has 0 N–H and O–H groups in total. The van der Waals surface area contributed by atoms with Crippen LogP contribution >= 0.6 is 0 Å². The zero-order valence-corrected chi connectivity index (χ0v) is 10.4. The average Bonchev–Trinajstić information content (AvgIpc) is 2.99. The van der Waals surface area contributed by atoms with E-state index in [4.69, 9.17) is 0 Å². The number of halogens is 2. The molecule has 1 aliphatic heterocycles. The minimum Gasteiger partial charge on any atom is -0.343 e. The molecule has 96 valence electrons. The van der Waals surface area contributed by atoms with Crippen LogP contribution in [0.1, 0.15) is 19.4 Å². The fourth-order valence-corrected chi connectivity index (χ4v) is 2.82. The van der Waals surface area contributed by atoms with Gasteiger partial charge in [0.05, 0.1) is 5.52 Å². The highest BCUT2D eigenvalue weighted by Crippen LogP contribution is 2.28. The summed E-state index contributed by atoms with van der Waals surface area (Å²) < 4.78 is 28.9. The number of likely N-dealkylation sites (N-methyl/N-ethyl adjacent to an activating group) is 1. The van der Waals surface area contributed by atoms with E-state index in [9.17, 15) is 8.78 Å². The van der Waals surface area contributed by atoms with Gasteiger partial charge in [0, 0.05) is 30.7 Å². The van der Waals surface area contributed by atoms with Crippen LogP contribution in [0.3, 0.4) is 0 Å². The second-order valence-electron chi connectivity index (χ2n) is 4.85. The quantitative estimate of drug-likeness (QED) is 0.794. The fraction of sp³-hybridized carbons (Fsp3) is 0.429. The molecule has 1 atom stereocenters. The van der Waals surface area contributed by atoms with Crippen LogP contribution in [0.2, 0.25) is 0 Å². The second kappa shape index (κ2) is 4.35. The Bertz CT molecular complexity index is 576. The second-order valence-corrected chi connectivity index (χ2v) is 4.85. The average molecular weight is 250 g/mol. The molecule has 0 saturated carbocycles. The Hall–Kier alpha value is -1.42. The Morgan fingerprint density at radius 2 is 2.11 bits per heavy atom. The summed E-state index contributed by atoms with van der Waals surface area (Å²) in [6.45, 7) is 5.24. The van der Waals surface area contributed by atoms with E-state index in [0.717, 1.165) is 31.6 Å². The number of hydrogen-bond acceptors (Lipinski definition) is 1. The third-order valence-electron chi connectivity index (χ3n) is 3.88. The number of aromatic nitrogens is 1. The first-order chi connectivity index (χ1) is 8.70. The molecule has 2 nitrogen and oxygen atoms in total. The van der Waals surface area contributed by atoms with Crippen LogP contribution in [-0.2, 0) is 0 Å². The Morgan fingerprint density at radius 1 is 1.28 bits per heavy atom. The molecule has 0 amide bonds. The highest BCUT2D eigenvalue weighted by Gasteiger charge is 2.24. The Morgan fingerprint density at radius 3 is 2.83 bits per heavy atom. The third-order valence-corrected chi connectivity index (χ3v) is 3.88. The highest BCUT2D eigenvalue weighted by molar-refractivity contribution is 5.81. The van der Waals surface area contributed by atoms with Gasteiger partial charge in [0.15, 0.2) is 11.6 Å². The molecule has 1 aromatic carbocycles. The summed E-state index contributed by atoms with van der Waals surface area (Å²) in [5.74, 6) is -1.52. The maximum Gasteiger partial charge on any atom is 0.168 e. The first-order valence-corrected chi connectivity index (χ1v) is 6.37. The van der Waals surface area contributed by atoms with Gasteiger partial charge in [-0.3, -0.25) is 0 Å². The number of fused-ring (bicyclic) bond motifs is 1. The van der Waals surface area contributed by atoms with Gasteiger partial charge in [-0.2, -0.15) is 0 Å². The smallest absolute Gasteiger partial charge is 0.168 e. The Balaban J connectivity index is 2.01. The first-order valence-electron chi connectivity index (χ1n) is 6.37. The van der Waals surface area contributed by atoms with Crippen molar-refractivity contribution in [1.29, 1.82) is 0 Å². The highest BCUT2D eigenvalue weighted by atomic mass is 19.2. The molecule has 1 unspecified atom stereocenters. The van der Waals surface area contributed by atoms with E-state index in [1.165, 1.54) is 6.07 Å². The molecular formula is C14H16F2N2. The van der Waals surface area contributed by atoms with Gasteiger partial charge in [-0.25, -0.2) is 8.78 Å². The third kappa shape index (κ3) is 1.72. The van der Waals surface area contributed by atoms with Crippen LogP contribution in [0, 0.1) is 11.6 Å². The largest absolute Gasteiger partial charge is 0.343 e. The lowest BCUT2D eigenvalue weighted by atomic mass is 10.2. The van der Waals surface area contributed by atoms with Gasteiger partial charge in [-0.15, -0.1) is 0 Å². The fourth-order valence-electron chi connectivity index (χ4n) is 2.82. The van der Waals surface area contributed by atoms with Crippen LogP contribution < -0.4 is 0 Å². The molecular weight excluding hydrogens is 234 g/mol. The summed E-state index contributed by atoms with van der Waals surface area (Å²) >= 11 is 0. The van der Waals surface area contributed by atoms with Gasteiger partial charge in [0.25, 0.3) is 0 Å². The zero-order chi connectivity index (χ0) is 12.7. The molecule has 0 spiro atoms. The predicted octanol–water partition coefficient (Wildman–Crippen LogP) is 3.19. The lowest BCUT2D eigenvalue weighted by molar-refractivity contribution is 0.343. The monoisotopic (exact) mass is 250 g/mol. The zero-order valence-electron chi connectivity index (χ0n) is 10.4. The van der Waals surface area contributed by atoms with Gasteiger partial charge in [-0.05, 0) is 31.2 Å². The molecule has 1 aromatic heterocycles. The Kier molecular flexibility index (Phi) is 2.82. The van der Waals surface area contributed by atoms with Crippen molar-refractivity contribution in [2.45, 2.75) is 19.4 Å². The van der Waals surface area contributed by atoms with Crippen LogP contribution in [0.25, 0.3) is 10.9 Å². The van der Waals surface area contributed by atoms with Crippen LogP contribution in [0.15, 0.2) is 24.4 Å². The van der Waals surface area contributed by atoms with E-state index in [2.05, 4.69) is 16.4 Å². The first kappa shape index (κ1) is 11.7. The number of benzene rings is 1. The van der Waals surface area contributed by atoms with E-state index in [-0.39, 0.29) is 0 Å². The van der Waals surface area contributed by atoms with Crippen LogP contribution in [0.4, 0.5) is 8.78 Å². The van der Waals surface area contributed by atoms with Crippen molar-refractivity contribution in [3.63, 3.8) is 0 Å². The van der Waals surface area contributed by atoms with Gasteiger partial charge in [0.2, 0.25) is 0 Å². The lowest BCUT2D eigenvalue weighted by Gasteiger charge is -2.15. The molecule has 3 rings (SSSR count). The van der Waals surface area contributed by atoms with E-state index < -0.39 is 11.6 Å². The van der Waals surface area contributed by atoms with Gasteiger partial charge in [-0.1, -0.05) is 6.92 Å². The van der Waals surface area contributed by atoms with Crippen molar-refractivity contribution in [3.05, 3.63) is 36.0 Å². The van der Waals surface area contributed by atoms with E-state index in [1.54, 1.807) is 12.1 Å². The number of hydrogen-bond donors (Lipinski definition) is 0. The van der Waals surface area contributed by atoms with Crippen molar-refractivity contribution in [3.8, 4) is 0 Å². The summed E-state index contributed by atoms with van der Waals surface area (Å²) in [4.78, 5) is 2.37. The van der Waals surface area contributed by atoms with Crippen molar-refractivity contribution in [2.24, 2.45) is 0 Å². The molecule has 2 heterocycles. The maximum atomic E-state index is 13.6.